The van der Waals surface area contributed by atoms with Crippen LogP contribution in [0.5, 0.6) is 0 Å². The Labute approximate surface area is 122 Å². The normalized spacial score (nSPS) is 11.1. The Bertz CT molecular complexity index is 886. The Morgan fingerprint density at radius 3 is 2.43 bits per heavy atom. The first-order chi connectivity index (χ1) is 10.3. The fraction of sp³-hybridized carbons (Fsp3) is 0.0588. The van der Waals surface area contributed by atoms with Crippen molar-refractivity contribution in [3.05, 3.63) is 61.1 Å². The standard InChI is InChI=1S/C17H14N4/c1-21-9-8-15-10-14(6-7-16(15)21)12-2-4-13(5-3-12)17-18-11-19-20-17/h2-11H,1H3,(H,18,19,20). The Balaban J connectivity index is 1.74. The van der Waals surface area contributed by atoms with E-state index in [2.05, 4.69) is 81.5 Å². The SMILES string of the molecule is Cn1ccc2cc(-c3ccc(-c4ncn[nH]4)cc3)ccc21. The lowest BCUT2D eigenvalue weighted by molar-refractivity contribution is 0.969. The van der Waals surface area contributed by atoms with Gasteiger partial charge in [-0.05, 0) is 29.3 Å². The maximum atomic E-state index is 4.16. The Morgan fingerprint density at radius 1 is 0.905 bits per heavy atom. The van der Waals surface area contributed by atoms with Gasteiger partial charge in [0, 0.05) is 29.7 Å². The number of aromatic nitrogens is 4. The molecular weight excluding hydrogens is 260 g/mol. The fourth-order valence-electron chi connectivity index (χ4n) is 2.63. The second kappa shape index (κ2) is 4.59. The van der Waals surface area contributed by atoms with E-state index in [0.717, 1.165) is 11.4 Å². The molecular formula is C17H14N4. The molecule has 0 spiro atoms. The zero-order valence-electron chi connectivity index (χ0n) is 11.6. The van der Waals surface area contributed by atoms with Crippen LogP contribution in [-0.4, -0.2) is 19.7 Å². The van der Waals surface area contributed by atoms with Gasteiger partial charge in [0.05, 0.1) is 0 Å². The van der Waals surface area contributed by atoms with Crippen LogP contribution in [0, 0.1) is 0 Å². The molecule has 0 bridgehead atoms. The van der Waals surface area contributed by atoms with Gasteiger partial charge in [-0.25, -0.2) is 4.98 Å². The minimum absolute atomic E-state index is 0.792. The van der Waals surface area contributed by atoms with E-state index in [-0.39, 0.29) is 0 Å². The number of fused-ring (bicyclic) bond motifs is 1. The van der Waals surface area contributed by atoms with Crippen LogP contribution in [0.15, 0.2) is 61.1 Å². The molecule has 0 amide bonds. The molecule has 0 unspecified atom stereocenters. The maximum absolute atomic E-state index is 4.16. The highest BCUT2D eigenvalue weighted by atomic mass is 15.2. The van der Waals surface area contributed by atoms with Crippen molar-refractivity contribution in [3.63, 3.8) is 0 Å². The van der Waals surface area contributed by atoms with E-state index in [1.54, 1.807) is 0 Å². The molecule has 4 aromatic rings. The smallest absolute Gasteiger partial charge is 0.155 e. The highest BCUT2D eigenvalue weighted by Crippen LogP contribution is 2.26. The molecule has 4 nitrogen and oxygen atoms in total. The van der Waals surface area contributed by atoms with E-state index in [1.807, 2.05) is 0 Å². The molecule has 4 rings (SSSR count). The third kappa shape index (κ3) is 2.01. The summed E-state index contributed by atoms with van der Waals surface area (Å²) in [6.07, 6.45) is 3.61. The first-order valence-corrected chi connectivity index (χ1v) is 6.82. The molecule has 0 saturated heterocycles. The van der Waals surface area contributed by atoms with Crippen molar-refractivity contribution in [2.45, 2.75) is 0 Å². The number of nitrogens with one attached hydrogen (secondary N) is 1. The largest absolute Gasteiger partial charge is 0.351 e. The van der Waals surface area contributed by atoms with Crippen LogP contribution >= 0.6 is 0 Å². The molecule has 0 fully saturated rings. The maximum Gasteiger partial charge on any atom is 0.155 e. The Kier molecular flexibility index (Phi) is 2.60. The molecule has 1 N–H and O–H groups in total. The number of H-pyrrole nitrogens is 1. The third-order valence-corrected chi connectivity index (χ3v) is 3.79. The van der Waals surface area contributed by atoms with Crippen molar-refractivity contribution in [2.24, 2.45) is 7.05 Å². The van der Waals surface area contributed by atoms with Crippen molar-refractivity contribution in [2.75, 3.05) is 0 Å². The van der Waals surface area contributed by atoms with Crippen LogP contribution in [0.3, 0.4) is 0 Å². The van der Waals surface area contributed by atoms with Crippen LogP contribution < -0.4 is 0 Å². The molecule has 2 aromatic heterocycles. The molecule has 0 aliphatic carbocycles. The number of aromatic amines is 1. The first-order valence-electron chi connectivity index (χ1n) is 6.82. The molecule has 0 aliphatic heterocycles. The lowest BCUT2D eigenvalue weighted by atomic mass is 10.0. The van der Waals surface area contributed by atoms with Gasteiger partial charge in [-0.1, -0.05) is 30.3 Å². The lowest BCUT2D eigenvalue weighted by Gasteiger charge is -2.04. The van der Waals surface area contributed by atoms with Gasteiger partial charge in [0.1, 0.15) is 6.33 Å². The topological polar surface area (TPSA) is 46.5 Å². The van der Waals surface area contributed by atoms with Gasteiger partial charge in [-0.2, -0.15) is 5.10 Å². The zero-order valence-corrected chi connectivity index (χ0v) is 11.6. The van der Waals surface area contributed by atoms with Gasteiger partial charge < -0.3 is 4.57 Å². The second-order valence-electron chi connectivity index (χ2n) is 5.11. The minimum Gasteiger partial charge on any atom is -0.351 e. The first kappa shape index (κ1) is 11.9. The molecule has 102 valence electrons. The molecule has 0 radical (unpaired) electrons. The summed E-state index contributed by atoms with van der Waals surface area (Å²) in [5.41, 5.74) is 4.70. The molecule has 2 aromatic carbocycles. The van der Waals surface area contributed by atoms with E-state index in [1.165, 1.54) is 28.4 Å². The summed E-state index contributed by atoms with van der Waals surface area (Å²) in [6.45, 7) is 0. The number of nitrogens with zero attached hydrogens (tertiary/aromatic N) is 3. The molecule has 2 heterocycles. The number of benzene rings is 2. The fourth-order valence-corrected chi connectivity index (χ4v) is 2.63. The third-order valence-electron chi connectivity index (χ3n) is 3.79. The molecule has 0 saturated carbocycles. The Morgan fingerprint density at radius 2 is 1.67 bits per heavy atom. The van der Waals surface area contributed by atoms with Crippen LogP contribution in [0.25, 0.3) is 33.4 Å². The van der Waals surface area contributed by atoms with E-state index in [4.69, 9.17) is 0 Å². The number of hydrogen-bond acceptors (Lipinski definition) is 2. The van der Waals surface area contributed by atoms with E-state index in [0.29, 0.717) is 0 Å². The van der Waals surface area contributed by atoms with Crippen LogP contribution in [-0.2, 0) is 7.05 Å². The van der Waals surface area contributed by atoms with E-state index < -0.39 is 0 Å². The molecule has 21 heavy (non-hydrogen) atoms. The summed E-state index contributed by atoms with van der Waals surface area (Å²) >= 11 is 0. The molecule has 4 heteroatoms. The van der Waals surface area contributed by atoms with Gasteiger partial charge in [0.2, 0.25) is 0 Å². The van der Waals surface area contributed by atoms with Crippen LogP contribution in [0.4, 0.5) is 0 Å². The second-order valence-corrected chi connectivity index (χ2v) is 5.11. The number of hydrogen-bond donors (Lipinski definition) is 1. The summed E-state index contributed by atoms with van der Waals surface area (Å²) in [6, 6.07) is 17.0. The van der Waals surface area contributed by atoms with Crippen molar-refractivity contribution < 1.29 is 0 Å². The summed E-state index contributed by atoms with van der Waals surface area (Å²) in [7, 11) is 2.06. The predicted molar refractivity (Wildman–Crippen MR) is 83.7 cm³/mol. The van der Waals surface area contributed by atoms with Gasteiger partial charge in [-0.3, -0.25) is 5.10 Å². The van der Waals surface area contributed by atoms with Gasteiger partial charge in [0.15, 0.2) is 5.82 Å². The monoisotopic (exact) mass is 274 g/mol. The van der Waals surface area contributed by atoms with Crippen LogP contribution in [0.2, 0.25) is 0 Å². The summed E-state index contributed by atoms with van der Waals surface area (Å²) in [5, 5.41) is 8.01. The lowest BCUT2D eigenvalue weighted by Crippen LogP contribution is -1.85. The van der Waals surface area contributed by atoms with Crippen molar-refractivity contribution >= 4 is 10.9 Å². The van der Waals surface area contributed by atoms with Gasteiger partial charge in [0.25, 0.3) is 0 Å². The minimum atomic E-state index is 0.792. The average molecular weight is 274 g/mol. The quantitative estimate of drug-likeness (QED) is 0.606. The Hall–Kier alpha value is -2.88. The summed E-state index contributed by atoms with van der Waals surface area (Å²) in [4.78, 5) is 4.16. The highest BCUT2D eigenvalue weighted by molar-refractivity contribution is 5.85. The number of aryl methyl sites for hydroxylation is 1. The molecule has 0 aliphatic rings. The van der Waals surface area contributed by atoms with Crippen LogP contribution in [0.1, 0.15) is 0 Å². The zero-order chi connectivity index (χ0) is 14.2. The van der Waals surface area contributed by atoms with E-state index in [9.17, 15) is 0 Å². The van der Waals surface area contributed by atoms with E-state index >= 15 is 0 Å². The number of rotatable bonds is 2. The summed E-state index contributed by atoms with van der Waals surface area (Å²) < 4.78 is 2.13. The highest BCUT2D eigenvalue weighted by Gasteiger charge is 2.04. The predicted octanol–water partition coefficient (Wildman–Crippen LogP) is 3.63. The van der Waals surface area contributed by atoms with Crippen molar-refractivity contribution in [1.29, 1.82) is 0 Å². The summed E-state index contributed by atoms with van der Waals surface area (Å²) in [5.74, 6) is 0.792. The molecule has 0 atom stereocenters. The van der Waals surface area contributed by atoms with Gasteiger partial charge in [-0.15, -0.1) is 0 Å². The van der Waals surface area contributed by atoms with Crippen molar-refractivity contribution in [1.82, 2.24) is 19.7 Å². The van der Waals surface area contributed by atoms with Gasteiger partial charge >= 0.3 is 0 Å². The van der Waals surface area contributed by atoms with Crippen molar-refractivity contribution in [3.8, 4) is 22.5 Å². The average Bonchev–Trinajstić information content (AvgIpc) is 3.18.